The molecule has 1 heterocycles. The van der Waals surface area contributed by atoms with E-state index in [9.17, 15) is 8.42 Å². The monoisotopic (exact) mass is 299 g/mol. The molecule has 2 unspecified atom stereocenters. The lowest BCUT2D eigenvalue weighted by molar-refractivity contribution is -0.0720. The van der Waals surface area contributed by atoms with Gasteiger partial charge < -0.3 is 15.2 Å². The second-order valence-corrected chi connectivity index (χ2v) is 7.39. The van der Waals surface area contributed by atoms with E-state index in [-0.39, 0.29) is 28.9 Å². The molecule has 0 aromatic heterocycles. The molecule has 0 spiro atoms. The van der Waals surface area contributed by atoms with Gasteiger partial charge in [0.25, 0.3) is 0 Å². The zero-order valence-electron chi connectivity index (χ0n) is 12.0. The van der Waals surface area contributed by atoms with Crippen LogP contribution in [0.2, 0.25) is 0 Å². The first-order chi connectivity index (χ1) is 9.27. The van der Waals surface area contributed by atoms with Gasteiger partial charge in [-0.25, -0.2) is 8.42 Å². The predicted molar refractivity (Wildman–Crippen MR) is 77.6 cm³/mol. The molecule has 5 nitrogen and oxygen atoms in total. The first-order valence-electron chi connectivity index (χ1n) is 6.68. The third-order valence-corrected chi connectivity index (χ3v) is 4.53. The number of sulfone groups is 1. The molecule has 0 saturated carbocycles. The zero-order valence-corrected chi connectivity index (χ0v) is 12.8. The number of anilines is 1. The number of para-hydroxylation sites is 1. The third kappa shape index (κ3) is 3.43. The van der Waals surface area contributed by atoms with Crippen LogP contribution in [-0.4, -0.2) is 33.0 Å². The molecular formula is C14H21NO4S. The van der Waals surface area contributed by atoms with Crippen LogP contribution in [-0.2, 0) is 14.6 Å². The van der Waals surface area contributed by atoms with Crippen molar-refractivity contribution in [3.63, 3.8) is 0 Å². The maximum Gasteiger partial charge on any atom is 0.177 e. The standard InChI is InChI=1S/C14H21NO4S/c1-9-7-11(8-10(2)18-9)19-12-5-4-6-13(14(12)15)20(3,16)17/h4-6,9-11H,7-8,15H2,1-3H3. The molecule has 1 aliphatic heterocycles. The van der Waals surface area contributed by atoms with E-state index in [1.165, 1.54) is 6.07 Å². The van der Waals surface area contributed by atoms with Crippen LogP contribution in [0.25, 0.3) is 0 Å². The molecule has 0 bridgehead atoms. The Kier molecular flexibility index (Phi) is 4.25. The van der Waals surface area contributed by atoms with Crippen LogP contribution in [0, 0.1) is 0 Å². The fourth-order valence-electron chi connectivity index (χ4n) is 2.57. The van der Waals surface area contributed by atoms with E-state index in [1.807, 2.05) is 13.8 Å². The number of nitrogen functional groups attached to an aromatic ring is 1. The summed E-state index contributed by atoms with van der Waals surface area (Å²) in [7, 11) is -3.35. The van der Waals surface area contributed by atoms with Gasteiger partial charge in [0, 0.05) is 19.1 Å². The third-order valence-electron chi connectivity index (χ3n) is 3.37. The predicted octanol–water partition coefficient (Wildman–Crippen LogP) is 2.01. The van der Waals surface area contributed by atoms with Crippen molar-refractivity contribution in [2.45, 2.75) is 49.9 Å². The molecule has 2 N–H and O–H groups in total. The molecule has 1 aromatic rings. The van der Waals surface area contributed by atoms with Gasteiger partial charge in [0.1, 0.15) is 11.9 Å². The molecule has 112 valence electrons. The molecule has 2 atom stereocenters. The summed E-state index contributed by atoms with van der Waals surface area (Å²) in [5.41, 5.74) is 6.10. The quantitative estimate of drug-likeness (QED) is 0.864. The largest absolute Gasteiger partial charge is 0.488 e. The van der Waals surface area contributed by atoms with Gasteiger partial charge in [0.2, 0.25) is 0 Å². The Bertz CT molecular complexity index is 575. The summed E-state index contributed by atoms with van der Waals surface area (Å²) in [6.45, 7) is 4.00. The molecule has 1 saturated heterocycles. The summed E-state index contributed by atoms with van der Waals surface area (Å²) >= 11 is 0. The van der Waals surface area contributed by atoms with Crippen molar-refractivity contribution < 1.29 is 17.9 Å². The van der Waals surface area contributed by atoms with Crippen LogP contribution in [0.15, 0.2) is 23.1 Å². The highest BCUT2D eigenvalue weighted by atomic mass is 32.2. The van der Waals surface area contributed by atoms with Crippen molar-refractivity contribution in [3.8, 4) is 5.75 Å². The normalized spacial score (nSPS) is 27.2. The molecule has 0 radical (unpaired) electrons. The average molecular weight is 299 g/mol. The maximum absolute atomic E-state index is 11.6. The highest BCUT2D eigenvalue weighted by Crippen LogP contribution is 2.32. The highest BCUT2D eigenvalue weighted by Gasteiger charge is 2.27. The average Bonchev–Trinajstić information content (AvgIpc) is 2.29. The van der Waals surface area contributed by atoms with E-state index >= 15 is 0 Å². The van der Waals surface area contributed by atoms with E-state index in [0.29, 0.717) is 5.75 Å². The summed E-state index contributed by atoms with van der Waals surface area (Å²) in [6.07, 6.45) is 2.93. The van der Waals surface area contributed by atoms with Crippen molar-refractivity contribution in [2.24, 2.45) is 0 Å². The Morgan fingerprint density at radius 2 is 1.85 bits per heavy atom. The van der Waals surface area contributed by atoms with Crippen molar-refractivity contribution in [1.82, 2.24) is 0 Å². The van der Waals surface area contributed by atoms with Crippen LogP contribution in [0.5, 0.6) is 5.75 Å². The van der Waals surface area contributed by atoms with Gasteiger partial charge in [-0.2, -0.15) is 0 Å². The molecule has 1 fully saturated rings. The maximum atomic E-state index is 11.6. The van der Waals surface area contributed by atoms with Gasteiger partial charge in [0.05, 0.1) is 22.8 Å². The van der Waals surface area contributed by atoms with E-state index in [1.54, 1.807) is 12.1 Å². The van der Waals surface area contributed by atoms with Crippen LogP contribution in [0.3, 0.4) is 0 Å². The smallest absolute Gasteiger partial charge is 0.177 e. The molecule has 6 heteroatoms. The van der Waals surface area contributed by atoms with Crippen molar-refractivity contribution in [3.05, 3.63) is 18.2 Å². The number of ether oxygens (including phenoxy) is 2. The molecule has 20 heavy (non-hydrogen) atoms. The van der Waals surface area contributed by atoms with Crippen LogP contribution >= 0.6 is 0 Å². The summed E-state index contributed by atoms with van der Waals surface area (Å²) in [5.74, 6) is 0.430. The molecule has 0 aliphatic carbocycles. The summed E-state index contributed by atoms with van der Waals surface area (Å²) in [6, 6.07) is 4.84. The fraction of sp³-hybridized carbons (Fsp3) is 0.571. The summed E-state index contributed by atoms with van der Waals surface area (Å²) in [5, 5.41) is 0. The van der Waals surface area contributed by atoms with Crippen molar-refractivity contribution >= 4 is 15.5 Å². The van der Waals surface area contributed by atoms with Gasteiger partial charge >= 0.3 is 0 Å². The van der Waals surface area contributed by atoms with Gasteiger partial charge in [-0.1, -0.05) is 6.07 Å². The molecule has 0 amide bonds. The lowest BCUT2D eigenvalue weighted by Gasteiger charge is -2.32. The first kappa shape index (κ1) is 15.1. The number of hydrogen-bond acceptors (Lipinski definition) is 5. The molecule has 1 aromatic carbocycles. The van der Waals surface area contributed by atoms with Crippen molar-refractivity contribution in [1.29, 1.82) is 0 Å². The summed E-state index contributed by atoms with van der Waals surface area (Å²) < 4.78 is 34.8. The van der Waals surface area contributed by atoms with E-state index in [2.05, 4.69) is 0 Å². The Hall–Kier alpha value is -1.27. The van der Waals surface area contributed by atoms with Gasteiger partial charge in [-0.3, -0.25) is 0 Å². The van der Waals surface area contributed by atoms with Crippen LogP contribution < -0.4 is 10.5 Å². The zero-order chi connectivity index (χ0) is 14.9. The lowest BCUT2D eigenvalue weighted by atomic mass is 10.0. The number of hydrogen-bond donors (Lipinski definition) is 1. The van der Waals surface area contributed by atoms with Gasteiger partial charge in [0.15, 0.2) is 9.84 Å². The minimum atomic E-state index is -3.35. The van der Waals surface area contributed by atoms with Crippen molar-refractivity contribution in [2.75, 3.05) is 12.0 Å². The Morgan fingerprint density at radius 3 is 2.40 bits per heavy atom. The number of rotatable bonds is 3. The minimum absolute atomic E-state index is 0.00846. The van der Waals surface area contributed by atoms with E-state index in [0.717, 1.165) is 19.1 Å². The fourth-order valence-corrected chi connectivity index (χ4v) is 3.40. The summed E-state index contributed by atoms with van der Waals surface area (Å²) in [4.78, 5) is 0.114. The van der Waals surface area contributed by atoms with Crippen LogP contribution in [0.1, 0.15) is 26.7 Å². The van der Waals surface area contributed by atoms with Gasteiger partial charge in [-0.15, -0.1) is 0 Å². The van der Waals surface area contributed by atoms with E-state index in [4.69, 9.17) is 15.2 Å². The first-order valence-corrected chi connectivity index (χ1v) is 8.57. The Morgan fingerprint density at radius 1 is 1.25 bits per heavy atom. The number of benzene rings is 1. The minimum Gasteiger partial charge on any atom is -0.488 e. The lowest BCUT2D eigenvalue weighted by Crippen LogP contribution is -2.35. The van der Waals surface area contributed by atoms with E-state index < -0.39 is 9.84 Å². The van der Waals surface area contributed by atoms with Crippen LogP contribution in [0.4, 0.5) is 5.69 Å². The highest BCUT2D eigenvalue weighted by molar-refractivity contribution is 7.90. The Balaban J connectivity index is 2.22. The SMILES string of the molecule is CC1CC(Oc2cccc(S(C)(=O)=O)c2N)CC(C)O1. The van der Waals surface area contributed by atoms with Gasteiger partial charge in [-0.05, 0) is 26.0 Å². The molecular weight excluding hydrogens is 278 g/mol. The Labute approximate surface area is 120 Å². The molecule has 2 rings (SSSR count). The number of nitrogens with two attached hydrogens (primary N) is 1. The second kappa shape index (κ2) is 5.61. The topological polar surface area (TPSA) is 78.6 Å². The second-order valence-electron chi connectivity index (χ2n) is 5.41. The molecule has 1 aliphatic rings.